The van der Waals surface area contributed by atoms with Gasteiger partial charge in [-0.1, -0.05) is 6.07 Å². The van der Waals surface area contributed by atoms with E-state index in [1.165, 1.54) is 13.8 Å². The van der Waals surface area contributed by atoms with E-state index in [1.54, 1.807) is 0 Å². The van der Waals surface area contributed by atoms with Crippen LogP contribution in [0.15, 0.2) is 18.2 Å². The maximum Gasteiger partial charge on any atom is 0.335 e. The Morgan fingerprint density at radius 2 is 1.56 bits per heavy atom. The van der Waals surface area contributed by atoms with E-state index >= 15 is 0 Å². The van der Waals surface area contributed by atoms with E-state index < -0.39 is 11.6 Å². The number of pyridine rings is 1. The van der Waals surface area contributed by atoms with Crippen LogP contribution in [0.2, 0.25) is 0 Å². The van der Waals surface area contributed by atoms with Crippen LogP contribution in [-0.4, -0.2) is 26.8 Å². The van der Waals surface area contributed by atoms with Crippen LogP contribution in [0, 0.1) is 13.8 Å². The van der Waals surface area contributed by atoms with Gasteiger partial charge in [-0.2, -0.15) is 0 Å². The normalized spacial score (nSPS) is 9.56. The van der Waals surface area contributed by atoms with Crippen LogP contribution in [0.3, 0.4) is 0 Å². The first kappa shape index (κ1) is 17.7. The summed E-state index contributed by atoms with van der Waals surface area (Å²) in [5, 5.41) is 16.5. The third-order valence-corrected chi connectivity index (χ3v) is 1.55. The van der Waals surface area contributed by atoms with Gasteiger partial charge in [-0.15, -0.1) is 0 Å². The summed E-state index contributed by atoms with van der Waals surface area (Å²) in [5.41, 5.74) is 0.593. The van der Waals surface area contributed by atoms with Gasteiger partial charge in [0.15, 0.2) is 5.60 Å². The molecule has 0 bridgehead atoms. The van der Waals surface area contributed by atoms with Crippen molar-refractivity contribution < 1.29 is 37.4 Å². The van der Waals surface area contributed by atoms with Gasteiger partial charge in [0.05, 0.1) is 0 Å². The molecule has 0 aliphatic heterocycles. The van der Waals surface area contributed by atoms with Gasteiger partial charge in [0.2, 0.25) is 0 Å². The quantitative estimate of drug-likeness (QED) is 0.771. The standard InChI is InChI=1S/C7H9N.C4H8O3.Ag/c1-6-4-3-5-7(2)8-6;1-4(2,7)3(5)6;/h3-5H,1-2H3;7H,1-2H3,(H,5,6);. The van der Waals surface area contributed by atoms with Crippen LogP contribution in [0.5, 0.6) is 0 Å². The predicted octanol–water partition coefficient (Wildman–Crippen LogP) is 1.54. The number of hydrogen-bond acceptors (Lipinski definition) is 3. The number of carboxylic acid groups (broad SMARTS) is 1. The van der Waals surface area contributed by atoms with E-state index in [4.69, 9.17) is 10.2 Å². The first-order valence-electron chi connectivity index (χ1n) is 4.59. The zero-order valence-electron chi connectivity index (χ0n) is 9.78. The summed E-state index contributed by atoms with van der Waals surface area (Å²) < 4.78 is 0. The van der Waals surface area contributed by atoms with Crippen LogP contribution >= 0.6 is 0 Å². The van der Waals surface area contributed by atoms with Crippen molar-refractivity contribution in [3.63, 3.8) is 0 Å². The Balaban J connectivity index is 0. The molecule has 0 spiro atoms. The second-order valence-corrected chi connectivity index (χ2v) is 3.78. The van der Waals surface area contributed by atoms with Crippen molar-refractivity contribution in [1.29, 1.82) is 0 Å². The third kappa shape index (κ3) is 8.61. The van der Waals surface area contributed by atoms with Crippen molar-refractivity contribution in [3.05, 3.63) is 29.6 Å². The third-order valence-electron chi connectivity index (χ3n) is 1.55. The van der Waals surface area contributed by atoms with Gasteiger partial charge in [0.25, 0.3) is 0 Å². The summed E-state index contributed by atoms with van der Waals surface area (Å²) in [6, 6.07) is 6.00. The number of hydrogen-bond donors (Lipinski definition) is 2. The smallest absolute Gasteiger partial charge is 0.335 e. The molecular weight excluding hydrogens is 302 g/mol. The van der Waals surface area contributed by atoms with Crippen molar-refractivity contribution in [1.82, 2.24) is 4.98 Å². The van der Waals surface area contributed by atoms with Crippen molar-refractivity contribution in [2.24, 2.45) is 0 Å². The van der Waals surface area contributed by atoms with E-state index in [1.807, 2.05) is 32.0 Å². The van der Waals surface area contributed by atoms with E-state index in [2.05, 4.69) is 4.98 Å². The van der Waals surface area contributed by atoms with Gasteiger partial charge >= 0.3 is 5.97 Å². The average molecular weight is 319 g/mol. The van der Waals surface area contributed by atoms with Crippen LogP contribution in [-0.2, 0) is 27.2 Å². The first-order chi connectivity index (χ1) is 6.73. The van der Waals surface area contributed by atoms with Crippen molar-refractivity contribution in [2.45, 2.75) is 33.3 Å². The minimum Gasteiger partial charge on any atom is -0.479 e. The van der Waals surface area contributed by atoms with E-state index in [0.717, 1.165) is 11.4 Å². The number of carboxylic acids is 1. The molecule has 16 heavy (non-hydrogen) atoms. The molecule has 0 aliphatic rings. The summed E-state index contributed by atoms with van der Waals surface area (Å²) in [6.07, 6.45) is 0. The van der Waals surface area contributed by atoms with Crippen molar-refractivity contribution in [2.75, 3.05) is 0 Å². The van der Waals surface area contributed by atoms with Gasteiger partial charge in [0.1, 0.15) is 0 Å². The molecule has 0 atom stereocenters. The first-order valence-corrected chi connectivity index (χ1v) is 4.59. The topological polar surface area (TPSA) is 70.4 Å². The van der Waals surface area contributed by atoms with Crippen molar-refractivity contribution in [3.8, 4) is 0 Å². The number of aliphatic hydroxyl groups is 1. The Morgan fingerprint density at radius 3 is 1.69 bits per heavy atom. The Hall–Kier alpha value is -0.680. The minimum absolute atomic E-state index is 0. The summed E-state index contributed by atoms with van der Waals surface area (Å²) >= 11 is 0. The molecule has 0 saturated carbocycles. The van der Waals surface area contributed by atoms with E-state index in [9.17, 15) is 4.79 Å². The van der Waals surface area contributed by atoms with Crippen molar-refractivity contribution >= 4 is 5.97 Å². The number of aryl methyl sites for hydroxylation is 2. The maximum atomic E-state index is 9.77. The number of aliphatic carboxylic acids is 1. The molecule has 2 N–H and O–H groups in total. The summed E-state index contributed by atoms with van der Waals surface area (Å²) in [7, 11) is 0. The van der Waals surface area contributed by atoms with E-state index in [-0.39, 0.29) is 22.4 Å². The Labute approximate surface area is 111 Å². The predicted molar refractivity (Wildman–Crippen MR) is 57.6 cm³/mol. The molecule has 0 saturated heterocycles. The zero-order valence-corrected chi connectivity index (χ0v) is 11.3. The second-order valence-electron chi connectivity index (χ2n) is 3.78. The van der Waals surface area contributed by atoms with E-state index in [0.29, 0.717) is 0 Å². The monoisotopic (exact) mass is 318 g/mol. The Bertz CT molecular complexity index is 317. The molecule has 1 aromatic heterocycles. The molecule has 0 fully saturated rings. The molecule has 0 aliphatic carbocycles. The maximum absolute atomic E-state index is 9.77. The largest absolute Gasteiger partial charge is 0.479 e. The van der Waals surface area contributed by atoms with Crippen LogP contribution in [0.25, 0.3) is 0 Å². The SMILES string of the molecule is CC(C)(O)C(=O)O.Cc1cccc(C)n1.[Ag]. The Kier molecular flexibility index (Phi) is 8.38. The fraction of sp³-hybridized carbons (Fsp3) is 0.455. The minimum atomic E-state index is -1.58. The summed E-state index contributed by atoms with van der Waals surface area (Å²) in [5.74, 6) is -1.20. The van der Waals surface area contributed by atoms with Crippen LogP contribution < -0.4 is 0 Å². The molecular formula is C11H17AgNO3. The molecule has 0 amide bonds. The fourth-order valence-electron chi connectivity index (χ4n) is 0.679. The molecule has 4 nitrogen and oxygen atoms in total. The Morgan fingerprint density at radius 1 is 1.25 bits per heavy atom. The number of aromatic nitrogens is 1. The van der Waals surface area contributed by atoms with Gasteiger partial charge in [-0.05, 0) is 39.8 Å². The second kappa shape index (κ2) is 7.57. The average Bonchev–Trinajstić information content (AvgIpc) is 2.02. The molecule has 1 aromatic rings. The zero-order chi connectivity index (χ0) is 12.1. The van der Waals surface area contributed by atoms with Crippen LogP contribution in [0.1, 0.15) is 25.2 Å². The molecule has 95 valence electrons. The number of carbonyl (C=O) groups is 1. The molecule has 5 heteroatoms. The van der Waals surface area contributed by atoms with Gasteiger partial charge in [-0.25, -0.2) is 4.79 Å². The molecule has 0 unspecified atom stereocenters. The molecule has 1 heterocycles. The van der Waals surface area contributed by atoms with Gasteiger partial charge < -0.3 is 10.2 Å². The van der Waals surface area contributed by atoms with Gasteiger partial charge in [0, 0.05) is 33.8 Å². The summed E-state index contributed by atoms with van der Waals surface area (Å²) in [6.45, 7) is 6.42. The number of rotatable bonds is 1. The fourth-order valence-corrected chi connectivity index (χ4v) is 0.679. The number of nitrogens with zero attached hydrogens (tertiary/aromatic N) is 1. The van der Waals surface area contributed by atoms with Gasteiger partial charge in [-0.3, -0.25) is 4.98 Å². The summed E-state index contributed by atoms with van der Waals surface area (Å²) in [4.78, 5) is 13.9. The molecule has 1 rings (SSSR count). The van der Waals surface area contributed by atoms with Crippen LogP contribution in [0.4, 0.5) is 0 Å². The molecule has 1 radical (unpaired) electrons. The molecule has 0 aromatic carbocycles.